The highest BCUT2D eigenvalue weighted by Crippen LogP contribution is 2.27. The zero-order chi connectivity index (χ0) is 21.7. The molecule has 1 unspecified atom stereocenters. The van der Waals surface area contributed by atoms with E-state index in [1.807, 2.05) is 45.0 Å². The van der Waals surface area contributed by atoms with Crippen LogP contribution in [0.2, 0.25) is 5.02 Å². The predicted molar refractivity (Wildman–Crippen MR) is 121 cm³/mol. The van der Waals surface area contributed by atoms with Gasteiger partial charge in [-0.15, -0.1) is 0 Å². The minimum atomic E-state index is -1.20. The van der Waals surface area contributed by atoms with Gasteiger partial charge in [-0.05, 0) is 69.9 Å². The van der Waals surface area contributed by atoms with E-state index in [1.165, 1.54) is 0 Å². The van der Waals surface area contributed by atoms with Gasteiger partial charge < -0.3 is 19.1 Å². The van der Waals surface area contributed by atoms with Gasteiger partial charge in [-0.3, -0.25) is 0 Å². The minimum Gasteiger partial charge on any atom is -0.593 e. The lowest BCUT2D eigenvalue weighted by Gasteiger charge is -2.37. The third-order valence-corrected chi connectivity index (χ3v) is 5.95. The maximum Gasteiger partial charge on any atom is 0.331 e. The highest BCUT2D eigenvalue weighted by atomic mass is 35.5. The summed E-state index contributed by atoms with van der Waals surface area (Å²) in [5, 5.41) is 10.9. The molecule has 0 aliphatic carbocycles. The van der Waals surface area contributed by atoms with Crippen LogP contribution in [0.1, 0.15) is 40.2 Å². The summed E-state index contributed by atoms with van der Waals surface area (Å²) in [5.74, 6) is 1.02. The third-order valence-electron chi connectivity index (χ3n) is 4.74. The fourth-order valence-electron chi connectivity index (χ4n) is 2.16. The maximum atomic E-state index is 12.0. The molecule has 29 heavy (non-hydrogen) atoms. The maximum absolute atomic E-state index is 12.0. The summed E-state index contributed by atoms with van der Waals surface area (Å²) in [6.45, 7) is 9.19. The smallest absolute Gasteiger partial charge is 0.331 e. The number of hydrogen-bond donors (Lipinski definition) is 2. The molecule has 2 rings (SSSR count). The van der Waals surface area contributed by atoms with Crippen molar-refractivity contribution in [2.24, 2.45) is 0 Å². The molecule has 0 spiro atoms. The Morgan fingerprint density at radius 1 is 1.17 bits per heavy atom. The molecule has 0 aliphatic rings. The van der Waals surface area contributed by atoms with Crippen molar-refractivity contribution in [1.82, 2.24) is 0 Å². The molecule has 0 aliphatic heterocycles. The van der Waals surface area contributed by atoms with Crippen LogP contribution in [0.3, 0.4) is 0 Å². The van der Waals surface area contributed by atoms with Crippen LogP contribution in [0, 0.1) is 0 Å². The molecule has 2 N–H and O–H groups in total. The van der Waals surface area contributed by atoms with Gasteiger partial charge in [0.15, 0.2) is 0 Å². The highest BCUT2D eigenvalue weighted by molar-refractivity contribution is 7.92. The molecule has 0 heterocycles. The molecule has 8 heteroatoms. The summed E-state index contributed by atoms with van der Waals surface area (Å²) in [6, 6.07) is 12.9. The van der Waals surface area contributed by atoms with E-state index in [9.17, 15) is 9.66 Å². The van der Waals surface area contributed by atoms with Crippen molar-refractivity contribution in [3.05, 3.63) is 53.1 Å². The van der Waals surface area contributed by atoms with Crippen molar-refractivity contribution in [2.75, 3.05) is 10.5 Å². The number of benzene rings is 2. The Morgan fingerprint density at radius 3 is 2.52 bits per heavy atom. The Kier molecular flexibility index (Phi) is 8.32. The topological polar surface area (TPSA) is 73.8 Å². The van der Waals surface area contributed by atoms with Crippen LogP contribution in [0.5, 0.6) is 5.75 Å². The van der Waals surface area contributed by atoms with Gasteiger partial charge in [-0.25, -0.2) is 4.72 Å². The lowest BCUT2D eigenvalue weighted by molar-refractivity contribution is -0.0893. The molecule has 5 nitrogen and oxygen atoms in total. The summed E-state index contributed by atoms with van der Waals surface area (Å²) in [7, 11) is 1.59. The first-order chi connectivity index (χ1) is 13.5. The molecule has 0 saturated carbocycles. The number of rotatable bonds is 10. The van der Waals surface area contributed by atoms with Crippen LogP contribution in [0.4, 0.5) is 5.69 Å². The quantitative estimate of drug-likeness (QED) is 0.437. The molecule has 0 saturated heterocycles. The second-order valence-electron chi connectivity index (χ2n) is 7.72. The number of nitrogens with one attached hydrogen (secondary N) is 1. The Hall–Kier alpha value is -1.38. The van der Waals surface area contributed by atoms with Gasteiger partial charge in [-0.2, -0.15) is 0 Å². The normalized spacial score (nSPS) is 13.1. The molecule has 0 bridgehead atoms. The van der Waals surface area contributed by atoms with E-state index in [0.717, 1.165) is 11.0 Å². The van der Waals surface area contributed by atoms with Crippen LogP contribution in [0.15, 0.2) is 42.5 Å². The van der Waals surface area contributed by atoms with Gasteiger partial charge in [0.2, 0.25) is 0 Å². The summed E-state index contributed by atoms with van der Waals surface area (Å²) >= 11 is 4.84. The first-order valence-electron chi connectivity index (χ1n) is 9.41. The zero-order valence-corrected chi connectivity index (χ0v) is 19.1. The van der Waals surface area contributed by atoms with Gasteiger partial charge in [0.25, 0.3) is 0 Å². The van der Waals surface area contributed by atoms with Crippen molar-refractivity contribution >= 4 is 41.6 Å². The van der Waals surface area contributed by atoms with Crippen molar-refractivity contribution in [2.45, 2.75) is 52.4 Å². The summed E-state index contributed by atoms with van der Waals surface area (Å²) in [4.78, 5) is 0. The fourth-order valence-corrected chi connectivity index (χ4v) is 2.93. The van der Waals surface area contributed by atoms with Crippen molar-refractivity contribution in [1.29, 1.82) is 0 Å². The lowest BCUT2D eigenvalue weighted by Crippen LogP contribution is -2.49. The largest absolute Gasteiger partial charge is 0.593 e. The van der Waals surface area contributed by atoms with E-state index in [4.69, 9.17) is 21.0 Å². The van der Waals surface area contributed by atoms with Crippen LogP contribution in [-0.2, 0) is 22.6 Å². The molecule has 157 valence electrons. The number of aliphatic hydroxyl groups is 1. The molecular formula is C21H28BClNO4S. The SMILES string of the molecule is CC[S+]([O-])Nc1ccc([B]OC(C)(C)C(C)(C)O)cc1OCc1cccc(Cl)c1. The van der Waals surface area contributed by atoms with Gasteiger partial charge in [0.1, 0.15) is 23.8 Å². The second-order valence-corrected chi connectivity index (χ2v) is 9.62. The number of anilines is 1. The van der Waals surface area contributed by atoms with Gasteiger partial charge in [-0.1, -0.05) is 29.8 Å². The van der Waals surface area contributed by atoms with E-state index in [2.05, 4.69) is 4.72 Å². The van der Waals surface area contributed by atoms with Crippen LogP contribution in [-0.4, -0.2) is 34.1 Å². The highest BCUT2D eigenvalue weighted by Gasteiger charge is 2.35. The van der Waals surface area contributed by atoms with Crippen molar-refractivity contribution in [3.63, 3.8) is 0 Å². The predicted octanol–water partition coefficient (Wildman–Crippen LogP) is 3.83. The van der Waals surface area contributed by atoms with Crippen LogP contribution < -0.4 is 14.9 Å². The van der Waals surface area contributed by atoms with E-state index in [0.29, 0.717) is 28.8 Å². The number of ether oxygens (including phenoxy) is 1. The monoisotopic (exact) mass is 436 g/mol. The molecule has 1 atom stereocenters. The summed E-state index contributed by atoms with van der Waals surface area (Å²) < 4.78 is 26.7. The first kappa shape index (κ1) is 23.9. The summed E-state index contributed by atoms with van der Waals surface area (Å²) in [5.41, 5.74) is 0.515. The molecular weight excluding hydrogens is 409 g/mol. The molecule has 1 radical (unpaired) electrons. The molecule has 0 fully saturated rings. The Labute approximate surface area is 182 Å². The number of hydrogen-bond acceptors (Lipinski definition) is 5. The lowest BCUT2D eigenvalue weighted by atomic mass is 9.82. The minimum absolute atomic E-state index is 0.313. The van der Waals surface area contributed by atoms with Crippen molar-refractivity contribution in [3.8, 4) is 5.75 Å². The van der Waals surface area contributed by atoms with Gasteiger partial charge in [0, 0.05) is 5.02 Å². The average Bonchev–Trinajstić information content (AvgIpc) is 2.65. The summed E-state index contributed by atoms with van der Waals surface area (Å²) in [6.07, 6.45) is 0. The fraction of sp³-hybridized carbons (Fsp3) is 0.429. The molecule has 2 aromatic rings. The second kappa shape index (κ2) is 10.1. The van der Waals surface area contributed by atoms with E-state index in [-0.39, 0.29) is 0 Å². The van der Waals surface area contributed by atoms with Crippen LogP contribution >= 0.6 is 11.6 Å². The Bertz CT molecular complexity index is 814. The third kappa shape index (κ3) is 7.12. The Balaban J connectivity index is 2.19. The molecule has 0 aromatic heterocycles. The van der Waals surface area contributed by atoms with E-state index >= 15 is 0 Å². The average molecular weight is 437 g/mol. The van der Waals surface area contributed by atoms with Gasteiger partial charge in [0.05, 0.1) is 22.6 Å². The Morgan fingerprint density at radius 2 is 1.90 bits per heavy atom. The first-order valence-corrected chi connectivity index (χ1v) is 11.1. The molecule has 0 amide bonds. The zero-order valence-electron chi connectivity index (χ0n) is 17.5. The standard InChI is InChI=1S/C21H28BClNO4S/c1-6-29(26)24-18-11-10-16(22-28-21(4,5)20(2,3)25)13-19(18)27-14-15-8-7-9-17(23)12-15/h7-13,24-25H,6,14H2,1-5H3. The van der Waals surface area contributed by atoms with Crippen LogP contribution in [0.25, 0.3) is 0 Å². The van der Waals surface area contributed by atoms with E-state index < -0.39 is 22.6 Å². The number of halogens is 1. The molecule has 2 aromatic carbocycles. The van der Waals surface area contributed by atoms with Crippen molar-refractivity contribution < 1.29 is 19.1 Å². The van der Waals surface area contributed by atoms with Gasteiger partial charge >= 0.3 is 7.48 Å². The van der Waals surface area contributed by atoms with E-state index in [1.54, 1.807) is 39.5 Å².